The van der Waals surface area contributed by atoms with E-state index in [1.165, 1.54) is 25.1 Å². The third-order valence-corrected chi connectivity index (χ3v) is 4.03. The number of para-hydroxylation sites is 1. The number of nitrogens with zero attached hydrogens (tertiary/aromatic N) is 3. The van der Waals surface area contributed by atoms with Gasteiger partial charge in [-0.05, 0) is 38.6 Å². The highest BCUT2D eigenvalue weighted by Crippen LogP contribution is 2.15. The minimum absolute atomic E-state index is 0.615. The van der Waals surface area contributed by atoms with Crippen molar-refractivity contribution in [3.8, 4) is 5.69 Å². The summed E-state index contributed by atoms with van der Waals surface area (Å²) < 4.78 is 2.18. The maximum Gasteiger partial charge on any atom is 0.127 e. The molecule has 2 heterocycles. The molecule has 4 nitrogen and oxygen atoms in total. The number of piperidine rings is 1. The summed E-state index contributed by atoms with van der Waals surface area (Å²) in [5.74, 6) is 1.12. The van der Waals surface area contributed by atoms with E-state index in [2.05, 4.69) is 51.1 Å². The van der Waals surface area contributed by atoms with Crippen LogP contribution in [0.25, 0.3) is 5.69 Å². The number of likely N-dealkylation sites (tertiary alicyclic amines) is 1. The second-order valence-electron chi connectivity index (χ2n) is 5.41. The monoisotopic (exact) mass is 270 g/mol. The van der Waals surface area contributed by atoms with Crippen molar-refractivity contribution in [2.75, 3.05) is 20.1 Å². The van der Waals surface area contributed by atoms with Crippen LogP contribution in [0.1, 0.15) is 18.7 Å². The molecule has 1 N–H and O–H groups in total. The van der Waals surface area contributed by atoms with Crippen molar-refractivity contribution in [2.45, 2.75) is 25.4 Å². The van der Waals surface area contributed by atoms with E-state index in [4.69, 9.17) is 0 Å². The maximum atomic E-state index is 4.54. The zero-order valence-electron chi connectivity index (χ0n) is 12.0. The van der Waals surface area contributed by atoms with Crippen LogP contribution in [0.3, 0.4) is 0 Å². The molecule has 1 aromatic carbocycles. The molecule has 0 bridgehead atoms. The Balaban J connectivity index is 1.74. The van der Waals surface area contributed by atoms with Crippen molar-refractivity contribution in [3.63, 3.8) is 0 Å². The lowest BCUT2D eigenvalue weighted by molar-refractivity contribution is 0.183. The lowest BCUT2D eigenvalue weighted by atomic mass is 10.1. The van der Waals surface area contributed by atoms with Crippen LogP contribution in [0.4, 0.5) is 0 Å². The van der Waals surface area contributed by atoms with Gasteiger partial charge in [-0.3, -0.25) is 4.90 Å². The minimum Gasteiger partial charge on any atom is -0.316 e. The summed E-state index contributed by atoms with van der Waals surface area (Å²) >= 11 is 0. The van der Waals surface area contributed by atoms with Crippen molar-refractivity contribution < 1.29 is 0 Å². The fraction of sp³-hybridized carbons (Fsp3) is 0.438. The lowest BCUT2D eigenvalue weighted by Crippen LogP contribution is -2.44. The normalized spacial score (nSPS) is 20.1. The summed E-state index contributed by atoms with van der Waals surface area (Å²) in [6.07, 6.45) is 6.48. The molecule has 0 spiro atoms. The zero-order valence-corrected chi connectivity index (χ0v) is 12.0. The Hall–Kier alpha value is -1.65. The topological polar surface area (TPSA) is 33.1 Å². The van der Waals surface area contributed by atoms with Crippen molar-refractivity contribution in [2.24, 2.45) is 0 Å². The molecule has 1 unspecified atom stereocenters. The summed E-state index contributed by atoms with van der Waals surface area (Å²) in [6.45, 7) is 3.19. The Kier molecular flexibility index (Phi) is 4.14. The van der Waals surface area contributed by atoms with Crippen LogP contribution < -0.4 is 5.32 Å². The Labute approximate surface area is 120 Å². The van der Waals surface area contributed by atoms with Crippen LogP contribution in [-0.2, 0) is 6.54 Å². The molecular formula is C16H22N4. The second kappa shape index (κ2) is 6.20. The molecule has 106 valence electrons. The molecule has 1 aliphatic rings. The van der Waals surface area contributed by atoms with E-state index in [1.54, 1.807) is 0 Å². The van der Waals surface area contributed by atoms with Crippen LogP contribution in [0, 0.1) is 0 Å². The number of hydrogen-bond donors (Lipinski definition) is 1. The number of rotatable bonds is 4. The third kappa shape index (κ3) is 2.92. The smallest absolute Gasteiger partial charge is 0.127 e. The van der Waals surface area contributed by atoms with E-state index in [9.17, 15) is 0 Å². The van der Waals surface area contributed by atoms with Crippen LogP contribution in [-0.4, -0.2) is 40.6 Å². The second-order valence-corrected chi connectivity index (χ2v) is 5.41. The molecule has 1 aromatic heterocycles. The molecule has 1 aliphatic heterocycles. The van der Waals surface area contributed by atoms with Gasteiger partial charge in [-0.15, -0.1) is 0 Å². The number of hydrogen-bond acceptors (Lipinski definition) is 3. The van der Waals surface area contributed by atoms with Gasteiger partial charge in [-0.1, -0.05) is 18.2 Å². The number of aromatic nitrogens is 2. The van der Waals surface area contributed by atoms with Crippen LogP contribution in [0.5, 0.6) is 0 Å². The summed E-state index contributed by atoms with van der Waals surface area (Å²) in [5.41, 5.74) is 1.18. The van der Waals surface area contributed by atoms with Crippen LogP contribution >= 0.6 is 0 Å². The van der Waals surface area contributed by atoms with Gasteiger partial charge in [0.15, 0.2) is 0 Å². The van der Waals surface area contributed by atoms with Gasteiger partial charge in [0.1, 0.15) is 5.82 Å². The molecule has 4 heteroatoms. The average molecular weight is 270 g/mol. The average Bonchev–Trinajstić information content (AvgIpc) is 2.96. The van der Waals surface area contributed by atoms with Gasteiger partial charge < -0.3 is 9.88 Å². The number of nitrogens with one attached hydrogen (secondary N) is 1. The Morgan fingerprint density at radius 1 is 1.30 bits per heavy atom. The predicted octanol–water partition coefficient (Wildman–Crippen LogP) is 2.06. The van der Waals surface area contributed by atoms with E-state index < -0.39 is 0 Å². The fourth-order valence-electron chi connectivity index (χ4n) is 2.91. The quantitative estimate of drug-likeness (QED) is 0.923. The van der Waals surface area contributed by atoms with E-state index in [-0.39, 0.29) is 0 Å². The third-order valence-electron chi connectivity index (χ3n) is 4.03. The van der Waals surface area contributed by atoms with E-state index in [1.807, 2.05) is 18.5 Å². The molecule has 0 amide bonds. The molecule has 1 fully saturated rings. The molecule has 0 aliphatic carbocycles. The molecule has 0 radical (unpaired) electrons. The molecule has 3 rings (SSSR count). The standard InChI is InChI=1S/C16H22N4/c1-17-14-6-5-10-19(12-14)13-16-18-9-11-20(16)15-7-3-2-4-8-15/h2-4,7-9,11,14,17H,5-6,10,12-13H2,1H3. The number of benzene rings is 1. The van der Waals surface area contributed by atoms with Gasteiger partial charge >= 0.3 is 0 Å². The molecule has 1 saturated heterocycles. The fourth-order valence-corrected chi connectivity index (χ4v) is 2.91. The number of likely N-dealkylation sites (N-methyl/N-ethyl adjacent to an activating group) is 1. The highest BCUT2D eigenvalue weighted by Gasteiger charge is 2.19. The highest BCUT2D eigenvalue weighted by atomic mass is 15.2. The molecule has 0 saturated carbocycles. The summed E-state index contributed by atoms with van der Waals surface area (Å²) in [6, 6.07) is 11.0. The van der Waals surface area contributed by atoms with Gasteiger partial charge in [0.05, 0.1) is 6.54 Å². The van der Waals surface area contributed by atoms with Gasteiger partial charge in [-0.2, -0.15) is 0 Å². The summed E-state index contributed by atoms with van der Waals surface area (Å²) in [7, 11) is 2.05. The van der Waals surface area contributed by atoms with Gasteiger partial charge in [0, 0.05) is 30.7 Å². The van der Waals surface area contributed by atoms with Crippen molar-refractivity contribution in [3.05, 3.63) is 48.5 Å². The first-order valence-electron chi connectivity index (χ1n) is 7.34. The Bertz CT molecular complexity index is 534. The first-order chi connectivity index (χ1) is 9.86. The van der Waals surface area contributed by atoms with Crippen LogP contribution in [0.2, 0.25) is 0 Å². The van der Waals surface area contributed by atoms with Crippen LogP contribution in [0.15, 0.2) is 42.7 Å². The summed E-state index contributed by atoms with van der Waals surface area (Å²) in [4.78, 5) is 7.03. The van der Waals surface area contributed by atoms with Crippen molar-refractivity contribution >= 4 is 0 Å². The van der Waals surface area contributed by atoms with Gasteiger partial charge in [0.25, 0.3) is 0 Å². The van der Waals surface area contributed by atoms with E-state index >= 15 is 0 Å². The van der Waals surface area contributed by atoms with Gasteiger partial charge in [0.2, 0.25) is 0 Å². The first-order valence-corrected chi connectivity index (χ1v) is 7.34. The number of imidazole rings is 1. The lowest BCUT2D eigenvalue weighted by Gasteiger charge is -2.32. The Morgan fingerprint density at radius 3 is 2.95 bits per heavy atom. The molecular weight excluding hydrogens is 248 g/mol. The first kappa shape index (κ1) is 13.3. The Morgan fingerprint density at radius 2 is 2.15 bits per heavy atom. The SMILES string of the molecule is CNC1CCCN(Cc2nccn2-c2ccccc2)C1. The van der Waals surface area contributed by atoms with Crippen molar-refractivity contribution in [1.82, 2.24) is 19.8 Å². The van der Waals surface area contributed by atoms with Gasteiger partial charge in [-0.25, -0.2) is 4.98 Å². The van der Waals surface area contributed by atoms with Crippen molar-refractivity contribution in [1.29, 1.82) is 0 Å². The molecule has 2 aromatic rings. The van der Waals surface area contributed by atoms with E-state index in [0.29, 0.717) is 6.04 Å². The minimum atomic E-state index is 0.615. The van der Waals surface area contributed by atoms with E-state index in [0.717, 1.165) is 18.9 Å². The largest absolute Gasteiger partial charge is 0.316 e. The predicted molar refractivity (Wildman–Crippen MR) is 80.9 cm³/mol. The molecule has 20 heavy (non-hydrogen) atoms. The molecule has 1 atom stereocenters. The highest BCUT2D eigenvalue weighted by molar-refractivity contribution is 5.32. The summed E-state index contributed by atoms with van der Waals surface area (Å²) in [5, 5.41) is 3.39. The maximum absolute atomic E-state index is 4.54. The zero-order chi connectivity index (χ0) is 13.8.